The number of aromatic nitrogens is 4. The highest BCUT2D eigenvalue weighted by atomic mass is 16.2. The lowest BCUT2D eigenvalue weighted by molar-refractivity contribution is 0.0698. The highest BCUT2D eigenvalue weighted by molar-refractivity contribution is 5.93. The fourth-order valence-electron chi connectivity index (χ4n) is 3.46. The van der Waals surface area contributed by atoms with E-state index in [-0.39, 0.29) is 11.8 Å². The van der Waals surface area contributed by atoms with Crippen LogP contribution in [0.5, 0.6) is 0 Å². The minimum Gasteiger partial charge on any atom is -0.348 e. The van der Waals surface area contributed by atoms with Gasteiger partial charge in [0.2, 0.25) is 0 Å². The molecule has 1 N–H and O–H groups in total. The smallest absolute Gasteiger partial charge is 0.273 e. The first kappa shape index (κ1) is 18.6. The predicted octanol–water partition coefficient (Wildman–Crippen LogP) is 1.73. The van der Waals surface area contributed by atoms with Crippen molar-refractivity contribution in [1.29, 1.82) is 0 Å². The average molecular weight is 382 g/mol. The second-order valence-electron chi connectivity index (χ2n) is 8.11. The monoisotopic (exact) mass is 382 g/mol. The lowest BCUT2D eigenvalue weighted by Crippen LogP contribution is -2.39. The summed E-state index contributed by atoms with van der Waals surface area (Å²) in [5, 5.41) is 7.35. The molecule has 148 valence electrons. The van der Waals surface area contributed by atoms with Crippen molar-refractivity contribution in [2.45, 2.75) is 59.2 Å². The van der Waals surface area contributed by atoms with Gasteiger partial charge in [-0.25, -0.2) is 9.97 Å². The van der Waals surface area contributed by atoms with E-state index in [0.717, 1.165) is 30.7 Å². The van der Waals surface area contributed by atoms with Crippen molar-refractivity contribution in [3.05, 3.63) is 40.7 Å². The van der Waals surface area contributed by atoms with Gasteiger partial charge in [0.25, 0.3) is 11.8 Å². The van der Waals surface area contributed by atoms with Crippen LogP contribution in [0.2, 0.25) is 0 Å². The molecule has 4 rings (SSSR count). The number of fused-ring (bicyclic) bond motifs is 1. The second-order valence-corrected chi connectivity index (χ2v) is 8.11. The van der Waals surface area contributed by atoms with Crippen molar-refractivity contribution in [3.63, 3.8) is 0 Å². The molecule has 0 saturated heterocycles. The zero-order chi connectivity index (χ0) is 19.8. The van der Waals surface area contributed by atoms with Gasteiger partial charge in [-0.05, 0) is 44.2 Å². The standard InChI is InChI=1S/C20H26N6O2/c1-12(2)8-15-9-18(22-13(3)21-15)20(28)25-6-7-26-16(11-25)10-17(24-26)19(27)23-14-4-5-14/h9-10,12,14H,4-8,11H2,1-3H3,(H,23,27). The molecule has 2 aromatic heterocycles. The Morgan fingerprint density at radius 2 is 1.96 bits per heavy atom. The Balaban J connectivity index is 1.49. The maximum Gasteiger partial charge on any atom is 0.273 e. The van der Waals surface area contributed by atoms with Gasteiger partial charge in [-0.15, -0.1) is 0 Å². The third-order valence-corrected chi connectivity index (χ3v) is 4.96. The van der Waals surface area contributed by atoms with E-state index < -0.39 is 0 Å². The van der Waals surface area contributed by atoms with Gasteiger partial charge in [-0.3, -0.25) is 14.3 Å². The van der Waals surface area contributed by atoms with Crippen molar-refractivity contribution in [2.24, 2.45) is 5.92 Å². The first-order chi connectivity index (χ1) is 13.4. The molecule has 1 fully saturated rings. The van der Waals surface area contributed by atoms with Crippen LogP contribution in [0.4, 0.5) is 0 Å². The molecule has 1 saturated carbocycles. The largest absolute Gasteiger partial charge is 0.348 e. The van der Waals surface area contributed by atoms with Gasteiger partial charge >= 0.3 is 0 Å². The molecule has 0 radical (unpaired) electrons. The highest BCUT2D eigenvalue weighted by Crippen LogP contribution is 2.20. The van der Waals surface area contributed by atoms with Crippen molar-refractivity contribution in [3.8, 4) is 0 Å². The summed E-state index contributed by atoms with van der Waals surface area (Å²) < 4.78 is 1.82. The first-order valence-corrected chi connectivity index (χ1v) is 9.90. The Morgan fingerprint density at radius 1 is 1.18 bits per heavy atom. The predicted molar refractivity (Wildman–Crippen MR) is 103 cm³/mol. The van der Waals surface area contributed by atoms with Crippen LogP contribution in [0.25, 0.3) is 0 Å². The van der Waals surface area contributed by atoms with Gasteiger partial charge in [-0.1, -0.05) is 13.8 Å². The van der Waals surface area contributed by atoms with Crippen LogP contribution in [0, 0.1) is 12.8 Å². The van der Waals surface area contributed by atoms with E-state index in [4.69, 9.17) is 0 Å². The topological polar surface area (TPSA) is 93.0 Å². The van der Waals surface area contributed by atoms with E-state index >= 15 is 0 Å². The molecule has 2 aliphatic rings. The van der Waals surface area contributed by atoms with E-state index in [1.54, 1.807) is 17.0 Å². The summed E-state index contributed by atoms with van der Waals surface area (Å²) in [6, 6.07) is 3.88. The van der Waals surface area contributed by atoms with Crippen LogP contribution in [-0.4, -0.2) is 49.0 Å². The maximum absolute atomic E-state index is 13.0. The molecular formula is C20H26N6O2. The zero-order valence-electron chi connectivity index (χ0n) is 16.6. The molecule has 3 heterocycles. The lowest BCUT2D eigenvalue weighted by Gasteiger charge is -2.27. The summed E-state index contributed by atoms with van der Waals surface area (Å²) >= 11 is 0. The van der Waals surface area contributed by atoms with Crippen LogP contribution in [0.1, 0.15) is 64.9 Å². The average Bonchev–Trinajstić information content (AvgIpc) is 3.34. The molecule has 0 unspecified atom stereocenters. The quantitative estimate of drug-likeness (QED) is 0.850. The Morgan fingerprint density at radius 3 is 2.68 bits per heavy atom. The van der Waals surface area contributed by atoms with E-state index in [1.807, 2.05) is 11.6 Å². The molecule has 8 heteroatoms. The number of hydrogen-bond donors (Lipinski definition) is 1. The molecule has 0 spiro atoms. The van der Waals surface area contributed by atoms with Gasteiger partial charge in [-0.2, -0.15) is 5.10 Å². The minimum atomic E-state index is -0.132. The summed E-state index contributed by atoms with van der Waals surface area (Å²) in [4.78, 5) is 35.8. The van der Waals surface area contributed by atoms with E-state index in [1.165, 1.54) is 0 Å². The minimum absolute atomic E-state index is 0.105. The first-order valence-electron chi connectivity index (χ1n) is 9.90. The number of hydrogen-bond acceptors (Lipinski definition) is 5. The third kappa shape index (κ3) is 4.05. The number of rotatable bonds is 5. The van der Waals surface area contributed by atoms with Crippen molar-refractivity contribution in [2.75, 3.05) is 6.54 Å². The number of carbonyl (C=O) groups is 2. The van der Waals surface area contributed by atoms with Crippen molar-refractivity contribution >= 4 is 11.8 Å². The van der Waals surface area contributed by atoms with E-state index in [9.17, 15) is 9.59 Å². The zero-order valence-corrected chi connectivity index (χ0v) is 16.6. The molecule has 1 aliphatic carbocycles. The molecule has 1 aliphatic heterocycles. The third-order valence-electron chi connectivity index (χ3n) is 4.96. The summed E-state index contributed by atoms with van der Waals surface area (Å²) in [6.45, 7) is 7.60. The Kier molecular flexibility index (Phi) is 4.87. The number of amides is 2. The Hall–Kier alpha value is -2.77. The molecule has 28 heavy (non-hydrogen) atoms. The fraction of sp³-hybridized carbons (Fsp3) is 0.550. The summed E-state index contributed by atoms with van der Waals surface area (Å²) in [6.07, 6.45) is 2.90. The normalized spacial score (nSPS) is 16.2. The van der Waals surface area contributed by atoms with Gasteiger partial charge in [0.1, 0.15) is 11.5 Å². The van der Waals surface area contributed by atoms with Crippen molar-refractivity contribution in [1.82, 2.24) is 30.0 Å². The number of aryl methyl sites for hydroxylation is 1. The van der Waals surface area contributed by atoms with Crippen molar-refractivity contribution < 1.29 is 9.59 Å². The van der Waals surface area contributed by atoms with Gasteiger partial charge in [0.05, 0.1) is 18.8 Å². The molecule has 8 nitrogen and oxygen atoms in total. The molecule has 0 atom stereocenters. The van der Waals surface area contributed by atoms with Crippen LogP contribution in [-0.2, 0) is 19.5 Å². The number of nitrogens with zero attached hydrogens (tertiary/aromatic N) is 5. The van der Waals surface area contributed by atoms with Gasteiger partial charge in [0, 0.05) is 18.3 Å². The summed E-state index contributed by atoms with van der Waals surface area (Å²) in [7, 11) is 0. The summed E-state index contributed by atoms with van der Waals surface area (Å²) in [5.41, 5.74) is 2.62. The molecular weight excluding hydrogens is 356 g/mol. The Bertz CT molecular complexity index is 915. The van der Waals surface area contributed by atoms with Crippen LogP contribution in [0.15, 0.2) is 12.1 Å². The van der Waals surface area contributed by atoms with Crippen LogP contribution >= 0.6 is 0 Å². The fourth-order valence-corrected chi connectivity index (χ4v) is 3.46. The van der Waals surface area contributed by atoms with E-state index in [2.05, 4.69) is 34.2 Å². The molecule has 0 aromatic carbocycles. The number of nitrogens with one attached hydrogen (secondary N) is 1. The highest BCUT2D eigenvalue weighted by Gasteiger charge is 2.28. The summed E-state index contributed by atoms with van der Waals surface area (Å²) in [5.74, 6) is 0.836. The molecule has 2 aromatic rings. The van der Waals surface area contributed by atoms with E-state index in [0.29, 0.717) is 48.8 Å². The van der Waals surface area contributed by atoms with Gasteiger partial charge in [0.15, 0.2) is 5.69 Å². The Labute approximate surface area is 164 Å². The molecule has 0 bridgehead atoms. The van der Waals surface area contributed by atoms with Crippen LogP contribution in [0.3, 0.4) is 0 Å². The molecule has 2 amide bonds. The SMILES string of the molecule is Cc1nc(CC(C)C)cc(C(=O)N2CCn3nc(C(=O)NC4CC4)cc3C2)n1. The number of carbonyl (C=O) groups excluding carboxylic acids is 2. The maximum atomic E-state index is 13.0. The van der Waals surface area contributed by atoms with Crippen LogP contribution < -0.4 is 5.32 Å². The van der Waals surface area contributed by atoms with Gasteiger partial charge < -0.3 is 10.2 Å². The second kappa shape index (κ2) is 7.33. The lowest BCUT2D eigenvalue weighted by atomic mass is 10.1.